The fourth-order valence-electron chi connectivity index (χ4n) is 2.43. The molecular formula is C18H13F3N2O2. The lowest BCUT2D eigenvalue weighted by Gasteiger charge is -2.05. The lowest BCUT2D eigenvalue weighted by molar-refractivity contribution is -0.137. The number of aromatic amines is 1. The van der Waals surface area contributed by atoms with Crippen molar-refractivity contribution in [2.45, 2.75) is 12.6 Å². The smallest absolute Gasteiger partial charge is 0.416 e. The summed E-state index contributed by atoms with van der Waals surface area (Å²) in [6, 6.07) is 10.6. The number of carboxylic acid groups (broad SMARTS) is 1. The molecule has 0 aliphatic rings. The molecule has 2 aromatic carbocycles. The van der Waals surface area contributed by atoms with Crippen LogP contribution in [0.5, 0.6) is 0 Å². The average Bonchev–Trinajstić information content (AvgIpc) is 2.94. The van der Waals surface area contributed by atoms with E-state index in [0.29, 0.717) is 23.3 Å². The van der Waals surface area contributed by atoms with Gasteiger partial charge in [-0.3, -0.25) is 0 Å². The molecule has 0 unspecified atom stereocenters. The van der Waals surface area contributed by atoms with E-state index in [1.807, 2.05) is 12.1 Å². The van der Waals surface area contributed by atoms with Crippen LogP contribution in [0.2, 0.25) is 0 Å². The fraction of sp³-hybridized carbons (Fsp3) is 0.111. The van der Waals surface area contributed by atoms with Crippen LogP contribution in [-0.4, -0.2) is 21.0 Å². The SMILES string of the molecule is O=C(O)C=Cc1ccc(Cc2nc3ccc(C(F)(F)F)cc3[nH]2)cc1. The standard InChI is InChI=1S/C18H13F3N2O2/c19-18(20,21)13-6-7-14-15(10-13)23-16(22-14)9-12-3-1-11(2-4-12)5-8-17(24)25/h1-8,10H,9H2,(H,22,23)(H,24,25). The summed E-state index contributed by atoms with van der Waals surface area (Å²) in [7, 11) is 0. The molecule has 0 bridgehead atoms. The van der Waals surface area contributed by atoms with Gasteiger partial charge in [0.05, 0.1) is 16.6 Å². The van der Waals surface area contributed by atoms with Crippen molar-refractivity contribution in [3.63, 3.8) is 0 Å². The van der Waals surface area contributed by atoms with E-state index in [9.17, 15) is 18.0 Å². The van der Waals surface area contributed by atoms with Crippen molar-refractivity contribution in [1.29, 1.82) is 0 Å². The Kier molecular flexibility index (Phi) is 4.31. The molecule has 3 aromatic rings. The van der Waals surface area contributed by atoms with Crippen LogP contribution in [0.4, 0.5) is 13.2 Å². The van der Waals surface area contributed by atoms with E-state index in [0.717, 1.165) is 29.3 Å². The number of hydrogen-bond donors (Lipinski definition) is 2. The monoisotopic (exact) mass is 346 g/mol. The zero-order valence-electron chi connectivity index (χ0n) is 12.8. The highest BCUT2D eigenvalue weighted by Crippen LogP contribution is 2.31. The normalized spacial score (nSPS) is 12.1. The van der Waals surface area contributed by atoms with E-state index < -0.39 is 17.7 Å². The summed E-state index contributed by atoms with van der Waals surface area (Å²) < 4.78 is 38.2. The Balaban J connectivity index is 1.79. The molecule has 4 nitrogen and oxygen atoms in total. The average molecular weight is 346 g/mol. The van der Waals surface area contributed by atoms with E-state index >= 15 is 0 Å². The molecule has 0 aliphatic carbocycles. The van der Waals surface area contributed by atoms with Crippen molar-refractivity contribution >= 4 is 23.1 Å². The largest absolute Gasteiger partial charge is 0.478 e. The van der Waals surface area contributed by atoms with Crippen molar-refractivity contribution < 1.29 is 23.1 Å². The maximum absolute atomic E-state index is 12.7. The van der Waals surface area contributed by atoms with E-state index in [-0.39, 0.29) is 0 Å². The molecule has 7 heteroatoms. The molecule has 0 amide bonds. The number of aromatic nitrogens is 2. The Morgan fingerprint density at radius 2 is 1.88 bits per heavy atom. The quantitative estimate of drug-likeness (QED) is 0.693. The molecule has 0 fully saturated rings. The van der Waals surface area contributed by atoms with Crippen LogP contribution in [-0.2, 0) is 17.4 Å². The van der Waals surface area contributed by atoms with E-state index in [2.05, 4.69) is 9.97 Å². The third kappa shape index (κ3) is 4.06. The van der Waals surface area contributed by atoms with E-state index in [1.54, 1.807) is 12.1 Å². The molecule has 2 N–H and O–H groups in total. The Labute approximate surface area is 140 Å². The topological polar surface area (TPSA) is 66.0 Å². The molecule has 0 radical (unpaired) electrons. The summed E-state index contributed by atoms with van der Waals surface area (Å²) >= 11 is 0. The number of alkyl halides is 3. The molecule has 128 valence electrons. The van der Waals surface area contributed by atoms with Crippen molar-refractivity contribution in [2.24, 2.45) is 0 Å². The number of rotatable bonds is 4. The highest BCUT2D eigenvalue weighted by molar-refractivity contribution is 5.85. The predicted molar refractivity (Wildman–Crippen MR) is 87.0 cm³/mol. The Morgan fingerprint density at radius 1 is 1.16 bits per heavy atom. The van der Waals surface area contributed by atoms with E-state index in [4.69, 9.17) is 5.11 Å². The van der Waals surface area contributed by atoms with Crippen molar-refractivity contribution in [3.8, 4) is 0 Å². The Hall–Kier alpha value is -3.09. The zero-order valence-corrected chi connectivity index (χ0v) is 12.8. The third-order valence-corrected chi connectivity index (χ3v) is 3.63. The number of halogens is 3. The van der Waals surface area contributed by atoms with Crippen molar-refractivity contribution in [2.75, 3.05) is 0 Å². The van der Waals surface area contributed by atoms with Gasteiger partial charge in [0, 0.05) is 12.5 Å². The molecule has 0 atom stereocenters. The number of benzene rings is 2. The second-order valence-corrected chi connectivity index (χ2v) is 5.50. The lowest BCUT2D eigenvalue weighted by Crippen LogP contribution is -2.04. The number of nitrogens with one attached hydrogen (secondary N) is 1. The highest BCUT2D eigenvalue weighted by atomic mass is 19.4. The van der Waals surface area contributed by atoms with Gasteiger partial charge >= 0.3 is 12.1 Å². The van der Waals surface area contributed by atoms with Crippen LogP contribution in [0, 0.1) is 0 Å². The molecule has 0 aliphatic heterocycles. The second kappa shape index (κ2) is 6.43. The minimum atomic E-state index is -4.39. The number of hydrogen-bond acceptors (Lipinski definition) is 2. The molecule has 0 spiro atoms. The molecule has 0 saturated heterocycles. The first-order valence-electron chi connectivity index (χ1n) is 7.37. The van der Waals surface area contributed by atoms with Crippen LogP contribution in [0.15, 0.2) is 48.5 Å². The maximum atomic E-state index is 12.7. The van der Waals surface area contributed by atoms with Crippen molar-refractivity contribution in [3.05, 3.63) is 71.1 Å². The summed E-state index contributed by atoms with van der Waals surface area (Å²) in [6.07, 6.45) is -1.43. The van der Waals surface area contributed by atoms with Gasteiger partial charge in [-0.05, 0) is 35.4 Å². The Bertz CT molecular complexity index is 941. The summed E-state index contributed by atoms with van der Waals surface area (Å²) in [4.78, 5) is 17.7. The van der Waals surface area contributed by atoms with Gasteiger partial charge < -0.3 is 10.1 Å². The number of H-pyrrole nitrogens is 1. The summed E-state index contributed by atoms with van der Waals surface area (Å²) in [5, 5.41) is 8.59. The maximum Gasteiger partial charge on any atom is 0.416 e. The van der Waals surface area contributed by atoms with Crippen LogP contribution >= 0.6 is 0 Å². The number of nitrogens with zero attached hydrogens (tertiary/aromatic N) is 1. The number of fused-ring (bicyclic) bond motifs is 1. The van der Waals surface area contributed by atoms with Gasteiger partial charge in [0.15, 0.2) is 0 Å². The summed E-state index contributed by atoms with van der Waals surface area (Å²) in [6.45, 7) is 0. The highest BCUT2D eigenvalue weighted by Gasteiger charge is 2.30. The molecular weight excluding hydrogens is 333 g/mol. The van der Waals surface area contributed by atoms with Gasteiger partial charge in [-0.1, -0.05) is 24.3 Å². The third-order valence-electron chi connectivity index (χ3n) is 3.63. The molecule has 25 heavy (non-hydrogen) atoms. The number of aliphatic carboxylic acids is 1. The first kappa shape index (κ1) is 16.8. The summed E-state index contributed by atoms with van der Waals surface area (Å²) in [5.74, 6) is -0.465. The first-order valence-corrected chi connectivity index (χ1v) is 7.37. The van der Waals surface area contributed by atoms with Gasteiger partial charge in [0.1, 0.15) is 5.82 Å². The number of carbonyl (C=O) groups is 1. The second-order valence-electron chi connectivity index (χ2n) is 5.50. The minimum Gasteiger partial charge on any atom is -0.478 e. The fourth-order valence-corrected chi connectivity index (χ4v) is 2.43. The van der Waals surface area contributed by atoms with Gasteiger partial charge in [0.2, 0.25) is 0 Å². The van der Waals surface area contributed by atoms with Crippen LogP contribution in [0.3, 0.4) is 0 Å². The van der Waals surface area contributed by atoms with Gasteiger partial charge in [-0.2, -0.15) is 13.2 Å². The van der Waals surface area contributed by atoms with E-state index in [1.165, 1.54) is 12.1 Å². The summed E-state index contributed by atoms with van der Waals surface area (Å²) in [5.41, 5.74) is 1.74. The zero-order chi connectivity index (χ0) is 18.0. The molecule has 1 aromatic heterocycles. The van der Waals surface area contributed by atoms with Gasteiger partial charge in [-0.25, -0.2) is 9.78 Å². The Morgan fingerprint density at radius 3 is 2.52 bits per heavy atom. The van der Waals surface area contributed by atoms with Gasteiger partial charge in [0.25, 0.3) is 0 Å². The minimum absolute atomic E-state index is 0.339. The predicted octanol–water partition coefficient (Wildman–Crippen LogP) is 4.27. The van der Waals surface area contributed by atoms with Gasteiger partial charge in [-0.15, -0.1) is 0 Å². The lowest BCUT2D eigenvalue weighted by atomic mass is 10.1. The van der Waals surface area contributed by atoms with Crippen LogP contribution in [0.1, 0.15) is 22.5 Å². The molecule has 1 heterocycles. The first-order chi connectivity index (χ1) is 11.8. The van der Waals surface area contributed by atoms with Crippen LogP contribution < -0.4 is 0 Å². The molecule has 0 saturated carbocycles. The van der Waals surface area contributed by atoms with Crippen LogP contribution in [0.25, 0.3) is 17.1 Å². The number of carboxylic acids is 1. The molecule has 3 rings (SSSR count). The van der Waals surface area contributed by atoms with Crippen molar-refractivity contribution in [1.82, 2.24) is 9.97 Å². The number of imidazole rings is 1.